The molecule has 0 bridgehead atoms. The first kappa shape index (κ1) is 14.2. The molecule has 0 amide bonds. The number of halogens is 1. The van der Waals surface area contributed by atoms with Gasteiger partial charge in [-0.2, -0.15) is 5.10 Å². The summed E-state index contributed by atoms with van der Waals surface area (Å²) in [6.07, 6.45) is 3.42. The molecule has 2 heterocycles. The van der Waals surface area contributed by atoms with Crippen LogP contribution >= 0.6 is 11.6 Å². The lowest BCUT2D eigenvalue weighted by Crippen LogP contribution is -2.20. The molecule has 1 unspecified atom stereocenters. The molecule has 0 aliphatic heterocycles. The van der Waals surface area contributed by atoms with Gasteiger partial charge in [-0.3, -0.25) is 4.68 Å². The molecule has 5 heteroatoms. The minimum Gasteiger partial charge on any atom is -0.453 e. The fraction of sp³-hybridized carbons (Fsp3) is 0.500. The molecule has 1 atom stereocenters. The van der Waals surface area contributed by atoms with Gasteiger partial charge in [0.25, 0.3) is 0 Å². The van der Waals surface area contributed by atoms with Crippen molar-refractivity contribution in [3.63, 3.8) is 0 Å². The molecule has 0 fully saturated rings. The Balaban J connectivity index is 2.23. The summed E-state index contributed by atoms with van der Waals surface area (Å²) in [7, 11) is 1.93. The minimum atomic E-state index is 0.137. The van der Waals surface area contributed by atoms with Crippen molar-refractivity contribution in [2.24, 2.45) is 0 Å². The van der Waals surface area contributed by atoms with Crippen LogP contribution in [0.2, 0.25) is 5.22 Å². The molecule has 4 nitrogen and oxygen atoms in total. The number of hydrogen-bond acceptors (Lipinski definition) is 3. The maximum absolute atomic E-state index is 6.06. The van der Waals surface area contributed by atoms with E-state index in [-0.39, 0.29) is 6.04 Å². The van der Waals surface area contributed by atoms with E-state index in [1.165, 1.54) is 5.69 Å². The fourth-order valence-corrected chi connectivity index (χ4v) is 2.50. The molecule has 104 valence electrons. The zero-order valence-electron chi connectivity index (χ0n) is 11.6. The normalized spacial score (nSPS) is 12.8. The molecule has 0 saturated carbocycles. The number of nitrogens with one attached hydrogen (secondary N) is 1. The number of furan rings is 1. The second-order valence-corrected chi connectivity index (χ2v) is 4.83. The zero-order valence-corrected chi connectivity index (χ0v) is 12.4. The van der Waals surface area contributed by atoms with Crippen LogP contribution in [0.4, 0.5) is 0 Å². The summed E-state index contributed by atoms with van der Waals surface area (Å²) >= 11 is 6.06. The summed E-state index contributed by atoms with van der Waals surface area (Å²) in [5.41, 5.74) is 3.34. The Bertz CT molecular complexity index is 533. The lowest BCUT2D eigenvalue weighted by Gasteiger charge is -2.15. The van der Waals surface area contributed by atoms with Crippen molar-refractivity contribution < 1.29 is 4.42 Å². The number of aryl methyl sites for hydroxylation is 2. The largest absolute Gasteiger partial charge is 0.453 e. The van der Waals surface area contributed by atoms with E-state index in [0.29, 0.717) is 5.22 Å². The summed E-state index contributed by atoms with van der Waals surface area (Å²) in [6.45, 7) is 5.11. The first-order valence-electron chi connectivity index (χ1n) is 6.65. The number of likely N-dealkylation sites (N-methyl/N-ethyl adjacent to an activating group) is 1. The molecule has 2 aromatic heterocycles. The van der Waals surface area contributed by atoms with Gasteiger partial charge in [0, 0.05) is 30.3 Å². The van der Waals surface area contributed by atoms with Gasteiger partial charge in [0.1, 0.15) is 0 Å². The van der Waals surface area contributed by atoms with Crippen molar-refractivity contribution >= 4 is 11.6 Å². The Morgan fingerprint density at radius 3 is 2.79 bits per heavy atom. The Kier molecular flexibility index (Phi) is 4.66. The molecule has 1 N–H and O–H groups in total. The van der Waals surface area contributed by atoms with Crippen LogP contribution < -0.4 is 5.32 Å². The number of hydrogen-bond donors (Lipinski definition) is 1. The van der Waals surface area contributed by atoms with Crippen LogP contribution in [0, 0.1) is 0 Å². The smallest absolute Gasteiger partial charge is 0.197 e. The molecular weight excluding hydrogens is 262 g/mol. The third kappa shape index (κ3) is 3.01. The average molecular weight is 282 g/mol. The van der Waals surface area contributed by atoms with Crippen LogP contribution in [0.3, 0.4) is 0 Å². The van der Waals surface area contributed by atoms with Gasteiger partial charge in [0.15, 0.2) is 5.22 Å². The van der Waals surface area contributed by atoms with Gasteiger partial charge in [0.05, 0.1) is 12.0 Å². The molecule has 19 heavy (non-hydrogen) atoms. The summed E-state index contributed by atoms with van der Waals surface area (Å²) in [6, 6.07) is 4.22. The highest BCUT2D eigenvalue weighted by atomic mass is 35.5. The molecule has 2 aromatic rings. The topological polar surface area (TPSA) is 43.0 Å². The van der Waals surface area contributed by atoms with E-state index < -0.39 is 0 Å². The van der Waals surface area contributed by atoms with Crippen LogP contribution in [0.1, 0.15) is 36.8 Å². The Morgan fingerprint density at radius 2 is 2.26 bits per heavy atom. The van der Waals surface area contributed by atoms with Gasteiger partial charge < -0.3 is 9.73 Å². The van der Waals surface area contributed by atoms with E-state index in [0.717, 1.165) is 30.6 Å². The van der Waals surface area contributed by atoms with E-state index in [9.17, 15) is 0 Å². The lowest BCUT2D eigenvalue weighted by molar-refractivity contribution is 0.524. The minimum absolute atomic E-state index is 0.137. The van der Waals surface area contributed by atoms with Crippen molar-refractivity contribution in [3.8, 4) is 0 Å². The van der Waals surface area contributed by atoms with E-state index in [1.807, 2.05) is 13.1 Å². The van der Waals surface area contributed by atoms with Gasteiger partial charge in [-0.05, 0) is 44.1 Å². The van der Waals surface area contributed by atoms with Gasteiger partial charge in [0.2, 0.25) is 0 Å². The zero-order chi connectivity index (χ0) is 13.8. The molecular formula is C14H20ClN3O. The SMILES string of the molecule is CCc1cc(CC(NC)c2ccoc2Cl)n(CC)n1. The number of aromatic nitrogens is 2. The van der Waals surface area contributed by atoms with Gasteiger partial charge >= 0.3 is 0 Å². The molecule has 0 aliphatic rings. The average Bonchev–Trinajstić information content (AvgIpc) is 3.01. The third-order valence-corrected chi connectivity index (χ3v) is 3.67. The highest BCUT2D eigenvalue weighted by Gasteiger charge is 2.18. The van der Waals surface area contributed by atoms with Crippen LogP contribution in [-0.2, 0) is 19.4 Å². The van der Waals surface area contributed by atoms with Gasteiger partial charge in [-0.15, -0.1) is 0 Å². The highest BCUT2D eigenvalue weighted by molar-refractivity contribution is 6.29. The summed E-state index contributed by atoms with van der Waals surface area (Å²) in [5, 5.41) is 8.31. The summed E-state index contributed by atoms with van der Waals surface area (Å²) < 4.78 is 7.22. The predicted octanol–water partition coefficient (Wildman–Crippen LogP) is 3.22. The molecule has 0 radical (unpaired) electrons. The van der Waals surface area contributed by atoms with Crippen LogP contribution in [-0.4, -0.2) is 16.8 Å². The second kappa shape index (κ2) is 6.26. The Labute approximate surface area is 118 Å². The molecule has 0 saturated heterocycles. The van der Waals surface area contributed by atoms with Crippen LogP contribution in [0.25, 0.3) is 0 Å². The number of nitrogens with zero attached hydrogens (tertiary/aromatic N) is 2. The van der Waals surface area contributed by atoms with Crippen molar-refractivity contribution in [3.05, 3.63) is 40.6 Å². The van der Waals surface area contributed by atoms with Crippen molar-refractivity contribution in [2.45, 2.75) is 39.3 Å². The maximum atomic E-state index is 6.06. The van der Waals surface area contributed by atoms with E-state index in [2.05, 4.69) is 35.0 Å². The van der Waals surface area contributed by atoms with Crippen molar-refractivity contribution in [2.75, 3.05) is 7.05 Å². The quantitative estimate of drug-likeness (QED) is 0.884. The van der Waals surface area contributed by atoms with E-state index in [4.69, 9.17) is 16.0 Å². The van der Waals surface area contributed by atoms with E-state index >= 15 is 0 Å². The summed E-state index contributed by atoms with van der Waals surface area (Å²) in [5.74, 6) is 0. The Hall–Kier alpha value is -1.26. The Morgan fingerprint density at radius 1 is 1.47 bits per heavy atom. The first-order valence-corrected chi connectivity index (χ1v) is 7.03. The standard InChI is InChI=1S/C14H20ClN3O/c1-4-10-8-11(18(5-2)17-10)9-13(16-3)12-6-7-19-14(12)15/h6-8,13,16H,4-5,9H2,1-3H3. The maximum Gasteiger partial charge on any atom is 0.197 e. The second-order valence-electron chi connectivity index (χ2n) is 4.49. The van der Waals surface area contributed by atoms with Crippen LogP contribution in [0.5, 0.6) is 0 Å². The fourth-order valence-electron chi connectivity index (χ4n) is 2.26. The van der Waals surface area contributed by atoms with Gasteiger partial charge in [-0.1, -0.05) is 6.92 Å². The van der Waals surface area contributed by atoms with Crippen LogP contribution in [0.15, 0.2) is 22.8 Å². The molecule has 0 aliphatic carbocycles. The van der Waals surface area contributed by atoms with E-state index in [1.54, 1.807) is 6.26 Å². The highest BCUT2D eigenvalue weighted by Crippen LogP contribution is 2.26. The summed E-state index contributed by atoms with van der Waals surface area (Å²) in [4.78, 5) is 0. The third-order valence-electron chi connectivity index (χ3n) is 3.36. The lowest BCUT2D eigenvalue weighted by atomic mass is 10.0. The van der Waals surface area contributed by atoms with Crippen molar-refractivity contribution in [1.82, 2.24) is 15.1 Å². The van der Waals surface area contributed by atoms with Gasteiger partial charge in [-0.25, -0.2) is 0 Å². The predicted molar refractivity (Wildman–Crippen MR) is 76.5 cm³/mol. The molecule has 2 rings (SSSR count). The van der Waals surface area contributed by atoms with Crippen molar-refractivity contribution in [1.29, 1.82) is 0 Å². The number of rotatable bonds is 6. The first-order chi connectivity index (χ1) is 9.19. The molecule has 0 spiro atoms. The monoisotopic (exact) mass is 281 g/mol. The molecule has 0 aromatic carbocycles.